The molecule has 0 saturated heterocycles. The maximum Gasteiger partial charge on any atom is 0.0786 e. The van der Waals surface area contributed by atoms with Gasteiger partial charge in [0.15, 0.2) is 0 Å². The average molecular weight is 829 g/mol. The molecule has 3 aromatic rings. The Labute approximate surface area is 372 Å². The Kier molecular flexibility index (Phi) is 32.4. The van der Waals surface area contributed by atoms with E-state index in [0.717, 1.165) is 6.42 Å². The normalized spacial score (nSPS) is 11.7. The molecular weight excluding hydrogens is 735 g/mol. The first-order valence-electron chi connectivity index (χ1n) is 25.0. The first-order chi connectivity index (χ1) is 29.2. The quantitative estimate of drug-likeness (QED) is 0.0273. The fourth-order valence-corrected chi connectivity index (χ4v) is 8.91. The Balaban J connectivity index is 0.000000470. The predicted molar refractivity (Wildman–Crippen MR) is 259 cm³/mol. The van der Waals surface area contributed by atoms with Crippen LogP contribution in [0.5, 0.6) is 0 Å². The van der Waals surface area contributed by atoms with E-state index in [4.69, 9.17) is 4.65 Å². The van der Waals surface area contributed by atoms with Gasteiger partial charge in [-0.15, -0.1) is 0 Å². The zero-order chi connectivity index (χ0) is 44.2. The molecule has 60 heavy (non-hydrogen) atoms. The molecule has 0 aliphatic carbocycles. The van der Waals surface area contributed by atoms with E-state index in [2.05, 4.69) is 91.8 Å². The second-order valence-corrected chi connectivity index (χ2v) is 17.6. The molecule has 0 amide bonds. The van der Waals surface area contributed by atoms with Crippen LogP contribution in [-0.4, -0.2) is 75.3 Å². The summed E-state index contributed by atoms with van der Waals surface area (Å²) in [5.41, 5.74) is 3.17. The molecule has 0 fully saturated rings. The molecule has 0 aromatic heterocycles. The minimum absolute atomic E-state index is 0.159. The van der Waals surface area contributed by atoms with E-state index < -0.39 is 7.32 Å². The van der Waals surface area contributed by atoms with Gasteiger partial charge in [0.05, 0.1) is 59.7 Å². The van der Waals surface area contributed by atoms with E-state index in [1.807, 2.05) is 54.6 Å². The van der Waals surface area contributed by atoms with Crippen LogP contribution in [0.15, 0.2) is 91.0 Å². The van der Waals surface area contributed by atoms with Crippen molar-refractivity contribution in [3.8, 4) is 0 Å². The van der Waals surface area contributed by atoms with Crippen LogP contribution in [0.1, 0.15) is 188 Å². The second-order valence-electron chi connectivity index (χ2n) is 17.6. The van der Waals surface area contributed by atoms with Gasteiger partial charge in [-0.2, -0.15) is 0 Å². The molecule has 0 atom stereocenters. The maximum atomic E-state index is 10.7. The van der Waals surface area contributed by atoms with Gasteiger partial charge in [0, 0.05) is 12.0 Å². The Hall–Kier alpha value is -2.48. The van der Waals surface area contributed by atoms with Crippen LogP contribution in [0, 0.1) is 0 Å². The molecule has 0 aliphatic heterocycles. The number of hydrogen-bond donors (Lipinski definition) is 0. The number of unbranched alkanes of at least 4 members (excludes halogenated alkanes) is 8. The molecule has 0 radical (unpaired) electrons. The highest BCUT2D eigenvalue weighted by atomic mass is 16.6. The van der Waals surface area contributed by atoms with E-state index in [-0.39, 0.29) is 12.0 Å². The molecule has 340 valence electrons. The van der Waals surface area contributed by atoms with Gasteiger partial charge in [0.2, 0.25) is 0 Å². The van der Waals surface area contributed by atoms with Crippen LogP contribution in [0.2, 0.25) is 0 Å². The minimum Gasteiger partial charge on any atom is -0.871 e. The number of rotatable bonds is 32. The van der Waals surface area contributed by atoms with Crippen molar-refractivity contribution in [1.29, 1.82) is 0 Å². The van der Waals surface area contributed by atoms with Crippen molar-refractivity contribution < 1.29 is 23.7 Å². The first kappa shape index (κ1) is 55.5. The van der Waals surface area contributed by atoms with E-state index in [1.165, 1.54) is 181 Å². The van der Waals surface area contributed by atoms with Gasteiger partial charge in [0.25, 0.3) is 0 Å². The first-order valence-corrected chi connectivity index (χ1v) is 25.0. The van der Waals surface area contributed by atoms with Gasteiger partial charge in [-0.3, -0.25) is 0 Å². The Morgan fingerprint density at radius 3 is 0.817 bits per heavy atom. The molecule has 5 nitrogen and oxygen atoms in total. The van der Waals surface area contributed by atoms with Crippen molar-refractivity contribution >= 4 is 7.32 Å². The van der Waals surface area contributed by atoms with E-state index in [9.17, 15) is 10.0 Å². The standard InChI is InChI=1S/C22H21BO3.2C16H36N/c24-23(25)26-18-10-17-22(19-11-4-1-5-12-19,20-13-6-2-7-14-20)21-15-8-3-9-16-21;2*1-5-9-13-17(14-10-6-2,15-11-7-3)16-12-8-4/h1-9,11-16H,10,17-18H2;2*5-16H2,1-4H3/q-2;2*+1. The average Bonchev–Trinajstić information content (AvgIpc) is 3.29. The van der Waals surface area contributed by atoms with E-state index in [1.54, 1.807) is 0 Å². The van der Waals surface area contributed by atoms with Crippen molar-refractivity contribution in [2.75, 3.05) is 59.0 Å². The smallest absolute Gasteiger partial charge is 0.0786 e. The molecule has 0 heterocycles. The Morgan fingerprint density at radius 1 is 0.383 bits per heavy atom. The lowest BCUT2D eigenvalue weighted by Crippen LogP contribution is -2.50. The van der Waals surface area contributed by atoms with Crippen LogP contribution in [0.4, 0.5) is 0 Å². The van der Waals surface area contributed by atoms with Gasteiger partial charge in [0.1, 0.15) is 0 Å². The van der Waals surface area contributed by atoms with Crippen LogP contribution < -0.4 is 10.0 Å². The molecule has 0 aliphatic rings. The highest BCUT2D eigenvalue weighted by molar-refractivity contribution is 6.28. The second kappa shape index (κ2) is 35.0. The molecule has 0 saturated carbocycles. The topological polar surface area (TPSA) is 55.3 Å². The van der Waals surface area contributed by atoms with Gasteiger partial charge in [-0.25, -0.2) is 0 Å². The summed E-state index contributed by atoms with van der Waals surface area (Å²) in [4.78, 5) is 0. The van der Waals surface area contributed by atoms with Crippen molar-refractivity contribution in [2.45, 2.75) is 176 Å². The van der Waals surface area contributed by atoms with Gasteiger partial charge < -0.3 is 23.7 Å². The summed E-state index contributed by atoms with van der Waals surface area (Å²) in [6.45, 7) is 30.2. The minimum atomic E-state index is -2.23. The molecule has 0 bridgehead atoms. The summed E-state index contributed by atoms with van der Waals surface area (Å²) in [5.74, 6) is 0. The van der Waals surface area contributed by atoms with E-state index >= 15 is 0 Å². The highest BCUT2D eigenvalue weighted by Gasteiger charge is 2.35. The highest BCUT2D eigenvalue weighted by Crippen LogP contribution is 2.43. The summed E-state index contributed by atoms with van der Waals surface area (Å²) in [6, 6.07) is 31.0. The third kappa shape index (κ3) is 21.5. The van der Waals surface area contributed by atoms with Crippen LogP contribution in [-0.2, 0) is 10.1 Å². The van der Waals surface area contributed by atoms with Crippen molar-refractivity contribution in [3.63, 3.8) is 0 Å². The largest absolute Gasteiger partial charge is 0.871 e. The van der Waals surface area contributed by atoms with Crippen molar-refractivity contribution in [1.82, 2.24) is 0 Å². The SMILES string of the molecule is CCCC[N+](CCCC)(CCCC)CCCC.CCCC[N+](CCCC)(CCCC)CCCC.[O-]B([O-])OCCCC(c1ccccc1)(c1ccccc1)c1ccccc1. The summed E-state index contributed by atoms with van der Waals surface area (Å²) in [5, 5.41) is 21.4. The lowest BCUT2D eigenvalue weighted by atomic mass is 9.67. The number of nitrogens with zero attached hydrogens (tertiary/aromatic N) is 2. The predicted octanol–water partition coefficient (Wildman–Crippen LogP) is 12.5. The zero-order valence-corrected chi connectivity index (χ0v) is 40.4. The van der Waals surface area contributed by atoms with Crippen molar-refractivity contribution in [3.05, 3.63) is 108 Å². The van der Waals surface area contributed by atoms with Crippen LogP contribution >= 0.6 is 0 Å². The summed E-state index contributed by atoms with van der Waals surface area (Å²) in [6.07, 6.45) is 23.5. The van der Waals surface area contributed by atoms with Gasteiger partial charge >= 0.3 is 0 Å². The summed E-state index contributed by atoms with van der Waals surface area (Å²) < 4.78 is 7.57. The van der Waals surface area contributed by atoms with Gasteiger partial charge in [-0.1, -0.05) is 198 Å². The maximum absolute atomic E-state index is 10.7. The third-order valence-corrected chi connectivity index (χ3v) is 12.6. The Morgan fingerprint density at radius 2 is 0.617 bits per heavy atom. The molecule has 3 rings (SSSR count). The fraction of sp³-hybridized carbons (Fsp3) is 0.667. The Bertz CT molecular complexity index is 1150. The summed E-state index contributed by atoms with van der Waals surface area (Å²) >= 11 is 0. The van der Waals surface area contributed by atoms with Crippen molar-refractivity contribution in [2.24, 2.45) is 0 Å². The monoisotopic (exact) mass is 829 g/mol. The molecule has 0 N–H and O–H groups in total. The van der Waals surface area contributed by atoms with Gasteiger partial charge in [-0.05, 0) is 80.9 Å². The molecule has 0 spiro atoms. The van der Waals surface area contributed by atoms with Crippen LogP contribution in [0.25, 0.3) is 0 Å². The lowest BCUT2D eigenvalue weighted by molar-refractivity contribution is -0.929. The number of benzene rings is 3. The third-order valence-electron chi connectivity index (χ3n) is 12.6. The molecule has 3 aromatic carbocycles. The molecule has 0 unspecified atom stereocenters. The molecule has 6 heteroatoms. The fourth-order valence-electron chi connectivity index (χ4n) is 8.91. The molecular formula is C54H93BN2O3. The van der Waals surface area contributed by atoms with E-state index in [0.29, 0.717) is 6.42 Å². The number of hydrogen-bond acceptors (Lipinski definition) is 3. The van der Waals surface area contributed by atoms with Crippen LogP contribution in [0.3, 0.4) is 0 Å². The lowest BCUT2D eigenvalue weighted by Gasteiger charge is -2.39. The zero-order valence-electron chi connectivity index (χ0n) is 40.4. The summed E-state index contributed by atoms with van der Waals surface area (Å²) in [7, 11) is -2.23. The number of quaternary nitrogens is 2.